The Morgan fingerprint density at radius 2 is 1.95 bits per heavy atom. The first-order valence-corrected chi connectivity index (χ1v) is 6.86. The zero-order chi connectivity index (χ0) is 15.4. The van der Waals surface area contributed by atoms with E-state index < -0.39 is 5.92 Å². The average Bonchev–Trinajstić information content (AvgIpc) is 2.49. The number of hydrogen-bond donors (Lipinski definition) is 0. The molecular formula is C16H11Cl2NO2. The van der Waals surface area contributed by atoms with Crippen molar-refractivity contribution in [1.82, 2.24) is 0 Å². The van der Waals surface area contributed by atoms with E-state index in [9.17, 15) is 10.1 Å². The molecule has 0 aliphatic carbocycles. The number of Topliss-reactive ketones (excluding diaryl/α,β-unsaturated/α-hetero) is 1. The van der Waals surface area contributed by atoms with Gasteiger partial charge in [-0.05, 0) is 29.8 Å². The Morgan fingerprint density at radius 1 is 1.24 bits per heavy atom. The smallest absolute Gasteiger partial charge is 0.188 e. The highest BCUT2D eigenvalue weighted by Gasteiger charge is 2.26. The second-order valence-corrected chi connectivity index (χ2v) is 5.14. The molecule has 0 aliphatic heterocycles. The van der Waals surface area contributed by atoms with Gasteiger partial charge in [0.15, 0.2) is 5.78 Å². The van der Waals surface area contributed by atoms with Gasteiger partial charge in [-0.25, -0.2) is 0 Å². The van der Waals surface area contributed by atoms with E-state index in [1.54, 1.807) is 36.4 Å². The molecule has 5 heteroatoms. The number of hydrogen-bond acceptors (Lipinski definition) is 3. The number of para-hydroxylation sites is 1. The van der Waals surface area contributed by atoms with Gasteiger partial charge in [-0.3, -0.25) is 4.79 Å². The Bertz CT molecular complexity index is 722. The van der Waals surface area contributed by atoms with Gasteiger partial charge in [-0.2, -0.15) is 5.26 Å². The molecule has 2 aromatic carbocycles. The maximum absolute atomic E-state index is 12.6. The predicted octanol–water partition coefficient (Wildman–Crippen LogP) is 4.49. The summed E-state index contributed by atoms with van der Waals surface area (Å²) in [5.41, 5.74) is 0.775. The first-order chi connectivity index (χ1) is 10.1. The summed E-state index contributed by atoms with van der Waals surface area (Å²) in [7, 11) is 1.47. The number of carbonyl (C=O) groups excluding carboxylic acids is 1. The Morgan fingerprint density at radius 3 is 2.57 bits per heavy atom. The first-order valence-electron chi connectivity index (χ1n) is 6.10. The third kappa shape index (κ3) is 3.18. The van der Waals surface area contributed by atoms with Crippen LogP contribution in [0, 0.1) is 11.3 Å². The van der Waals surface area contributed by atoms with Gasteiger partial charge in [0, 0.05) is 10.0 Å². The number of ether oxygens (including phenoxy) is 1. The summed E-state index contributed by atoms with van der Waals surface area (Å²) in [6.45, 7) is 0. The predicted molar refractivity (Wildman–Crippen MR) is 82.1 cm³/mol. The lowest BCUT2D eigenvalue weighted by Crippen LogP contribution is -2.13. The van der Waals surface area contributed by atoms with Crippen LogP contribution in [0.15, 0.2) is 42.5 Å². The molecule has 0 saturated heterocycles. The summed E-state index contributed by atoms with van der Waals surface area (Å²) < 4.78 is 5.16. The number of carbonyl (C=O) groups is 1. The molecule has 1 unspecified atom stereocenters. The summed E-state index contributed by atoms with van der Waals surface area (Å²) in [5.74, 6) is -0.946. The van der Waals surface area contributed by atoms with Gasteiger partial charge in [0.2, 0.25) is 0 Å². The Labute approximate surface area is 132 Å². The number of halogens is 2. The summed E-state index contributed by atoms with van der Waals surface area (Å²) in [6, 6.07) is 13.5. The van der Waals surface area contributed by atoms with E-state index in [1.165, 1.54) is 13.2 Å². The van der Waals surface area contributed by atoms with Crippen molar-refractivity contribution >= 4 is 29.0 Å². The number of methoxy groups -OCH3 is 1. The molecule has 2 aromatic rings. The second kappa shape index (κ2) is 6.62. The fourth-order valence-corrected chi connectivity index (χ4v) is 2.53. The summed E-state index contributed by atoms with van der Waals surface area (Å²) in [5, 5.41) is 10.1. The van der Waals surface area contributed by atoms with E-state index >= 15 is 0 Å². The lowest BCUT2D eigenvalue weighted by Gasteiger charge is -2.13. The van der Waals surface area contributed by atoms with Crippen molar-refractivity contribution in [2.75, 3.05) is 7.11 Å². The molecule has 0 N–H and O–H groups in total. The molecular weight excluding hydrogens is 309 g/mol. The summed E-state index contributed by atoms with van der Waals surface area (Å²) in [4.78, 5) is 12.6. The van der Waals surface area contributed by atoms with Crippen LogP contribution in [-0.2, 0) is 0 Å². The number of nitrogens with zero attached hydrogens (tertiary/aromatic N) is 1. The Hall–Kier alpha value is -2.02. The molecule has 0 radical (unpaired) electrons. The third-order valence-corrected chi connectivity index (χ3v) is 3.60. The van der Waals surface area contributed by atoms with Crippen LogP contribution in [0.25, 0.3) is 0 Å². The van der Waals surface area contributed by atoms with Gasteiger partial charge >= 0.3 is 0 Å². The van der Waals surface area contributed by atoms with Crippen molar-refractivity contribution in [1.29, 1.82) is 5.26 Å². The lowest BCUT2D eigenvalue weighted by atomic mass is 9.91. The molecule has 2 rings (SSSR count). The van der Waals surface area contributed by atoms with Gasteiger partial charge in [-0.15, -0.1) is 0 Å². The van der Waals surface area contributed by atoms with Crippen LogP contribution in [0.3, 0.4) is 0 Å². The molecule has 0 spiro atoms. The molecule has 0 heterocycles. The second-order valence-electron chi connectivity index (χ2n) is 4.29. The highest BCUT2D eigenvalue weighted by atomic mass is 35.5. The number of ketones is 1. The van der Waals surface area contributed by atoms with Crippen LogP contribution in [0.4, 0.5) is 0 Å². The minimum absolute atomic E-state index is 0.289. The molecule has 3 nitrogen and oxygen atoms in total. The van der Waals surface area contributed by atoms with E-state index in [0.717, 1.165) is 0 Å². The van der Waals surface area contributed by atoms with Crippen molar-refractivity contribution < 1.29 is 9.53 Å². The van der Waals surface area contributed by atoms with Crippen LogP contribution in [0.2, 0.25) is 10.0 Å². The van der Waals surface area contributed by atoms with Crippen LogP contribution >= 0.6 is 23.2 Å². The van der Waals surface area contributed by atoms with Gasteiger partial charge < -0.3 is 4.74 Å². The highest BCUT2D eigenvalue weighted by Crippen LogP contribution is 2.31. The zero-order valence-corrected chi connectivity index (χ0v) is 12.7. The first kappa shape index (κ1) is 15.4. The molecule has 106 valence electrons. The van der Waals surface area contributed by atoms with Gasteiger partial charge in [0.1, 0.15) is 11.7 Å². The van der Waals surface area contributed by atoms with E-state index in [-0.39, 0.29) is 10.8 Å². The summed E-state index contributed by atoms with van der Waals surface area (Å²) >= 11 is 11.9. The summed E-state index contributed by atoms with van der Waals surface area (Å²) in [6.07, 6.45) is 0. The molecule has 0 saturated carbocycles. The van der Waals surface area contributed by atoms with Crippen LogP contribution in [0.1, 0.15) is 21.8 Å². The normalized spacial score (nSPS) is 11.5. The van der Waals surface area contributed by atoms with E-state index in [2.05, 4.69) is 0 Å². The fraction of sp³-hybridized carbons (Fsp3) is 0.125. The number of nitriles is 1. The van der Waals surface area contributed by atoms with Gasteiger partial charge in [0.25, 0.3) is 0 Å². The molecule has 21 heavy (non-hydrogen) atoms. The molecule has 0 aromatic heterocycles. The lowest BCUT2D eigenvalue weighted by molar-refractivity contribution is 0.0976. The molecule has 0 aliphatic rings. The Balaban J connectivity index is 2.47. The van der Waals surface area contributed by atoms with Crippen molar-refractivity contribution in [3.8, 4) is 11.8 Å². The molecule has 0 fully saturated rings. The van der Waals surface area contributed by atoms with E-state index in [1.807, 2.05) is 6.07 Å². The van der Waals surface area contributed by atoms with Crippen molar-refractivity contribution in [3.05, 3.63) is 63.6 Å². The maximum Gasteiger partial charge on any atom is 0.188 e. The Kier molecular flexibility index (Phi) is 4.85. The van der Waals surface area contributed by atoms with Crippen molar-refractivity contribution in [3.63, 3.8) is 0 Å². The minimum Gasteiger partial charge on any atom is -0.496 e. The molecule has 0 amide bonds. The van der Waals surface area contributed by atoms with Crippen molar-refractivity contribution in [2.24, 2.45) is 0 Å². The maximum atomic E-state index is 12.6. The fourth-order valence-electron chi connectivity index (χ4n) is 2.01. The standard InChI is InChI=1S/C16H11Cl2NO2/c1-21-15-5-3-2-4-12(15)16(20)13(9-19)11-7-6-10(17)8-14(11)18/h2-8,13H,1H3. The number of rotatable bonds is 4. The average molecular weight is 320 g/mol. The third-order valence-electron chi connectivity index (χ3n) is 3.04. The monoisotopic (exact) mass is 319 g/mol. The SMILES string of the molecule is COc1ccccc1C(=O)C(C#N)c1ccc(Cl)cc1Cl. The van der Waals surface area contributed by atoms with Crippen LogP contribution in [-0.4, -0.2) is 12.9 Å². The van der Waals surface area contributed by atoms with E-state index in [4.69, 9.17) is 27.9 Å². The largest absolute Gasteiger partial charge is 0.496 e. The molecule has 0 bridgehead atoms. The van der Waals surface area contributed by atoms with E-state index in [0.29, 0.717) is 21.9 Å². The topological polar surface area (TPSA) is 50.1 Å². The quantitative estimate of drug-likeness (QED) is 0.780. The zero-order valence-electron chi connectivity index (χ0n) is 11.1. The number of benzene rings is 2. The van der Waals surface area contributed by atoms with Gasteiger partial charge in [0.05, 0.1) is 18.7 Å². The van der Waals surface area contributed by atoms with Crippen LogP contribution in [0.5, 0.6) is 5.75 Å². The highest BCUT2D eigenvalue weighted by molar-refractivity contribution is 6.35. The molecule has 1 atom stereocenters. The van der Waals surface area contributed by atoms with Gasteiger partial charge in [-0.1, -0.05) is 41.4 Å². The van der Waals surface area contributed by atoms with Crippen molar-refractivity contribution in [2.45, 2.75) is 5.92 Å². The minimum atomic E-state index is -1.01. The van der Waals surface area contributed by atoms with Crippen LogP contribution < -0.4 is 4.74 Å².